The zero-order valence-corrected chi connectivity index (χ0v) is 9.36. The first-order valence-corrected chi connectivity index (χ1v) is 5.19. The Hall–Kier alpha value is -1.36. The molecule has 1 saturated heterocycles. The second-order valence-corrected chi connectivity index (χ2v) is 3.66. The van der Waals surface area contributed by atoms with Crippen molar-refractivity contribution in [3.8, 4) is 0 Å². The average Bonchev–Trinajstić information content (AvgIpc) is 3.04. The molecule has 1 unspecified atom stereocenters. The molecule has 1 fully saturated rings. The van der Waals surface area contributed by atoms with Gasteiger partial charge in [-0.25, -0.2) is 4.79 Å². The summed E-state index contributed by atoms with van der Waals surface area (Å²) in [6.45, 7) is 6.22. The predicted octanol–water partition coefficient (Wildman–Crippen LogP) is 0.828. The minimum atomic E-state index is -0.431. The van der Waals surface area contributed by atoms with E-state index < -0.39 is 5.97 Å². The topological polar surface area (TPSA) is 65.1 Å². The Morgan fingerprint density at radius 3 is 2.69 bits per heavy atom. The lowest BCUT2D eigenvalue weighted by Gasteiger charge is -2.04. The van der Waals surface area contributed by atoms with E-state index in [4.69, 9.17) is 14.2 Å². The molecule has 0 amide bonds. The zero-order valence-electron chi connectivity index (χ0n) is 9.36. The minimum absolute atomic E-state index is 0.0881. The highest BCUT2D eigenvalue weighted by molar-refractivity contribution is 5.86. The fraction of sp³-hybridized carbons (Fsp3) is 0.636. The van der Waals surface area contributed by atoms with E-state index in [2.05, 4.69) is 6.58 Å². The molecular formula is C11H16O5. The van der Waals surface area contributed by atoms with Crippen molar-refractivity contribution in [1.29, 1.82) is 0 Å². The predicted molar refractivity (Wildman–Crippen MR) is 55.7 cm³/mol. The number of ether oxygens (including phenoxy) is 3. The summed E-state index contributed by atoms with van der Waals surface area (Å²) >= 11 is 0. The lowest BCUT2D eigenvalue weighted by Crippen LogP contribution is -2.12. The van der Waals surface area contributed by atoms with Crippen molar-refractivity contribution in [2.45, 2.75) is 25.9 Å². The van der Waals surface area contributed by atoms with E-state index in [1.807, 2.05) is 0 Å². The van der Waals surface area contributed by atoms with Crippen molar-refractivity contribution < 1.29 is 23.8 Å². The summed E-state index contributed by atoms with van der Waals surface area (Å²) in [6.07, 6.45) is 0.796. The first-order chi connectivity index (χ1) is 7.59. The summed E-state index contributed by atoms with van der Waals surface area (Å²) < 4.78 is 14.6. The molecule has 16 heavy (non-hydrogen) atoms. The normalized spacial score (nSPS) is 17.7. The number of carbonyl (C=O) groups excluding carboxylic acids is 2. The third-order valence-electron chi connectivity index (χ3n) is 1.94. The molecule has 5 nitrogen and oxygen atoms in total. The lowest BCUT2D eigenvalue weighted by atomic mass is 10.3. The molecule has 1 atom stereocenters. The molecule has 0 saturated carbocycles. The second kappa shape index (κ2) is 6.27. The van der Waals surface area contributed by atoms with Gasteiger partial charge in [0, 0.05) is 12.0 Å². The third kappa shape index (κ3) is 5.50. The van der Waals surface area contributed by atoms with E-state index in [9.17, 15) is 9.59 Å². The van der Waals surface area contributed by atoms with Crippen LogP contribution in [0.3, 0.4) is 0 Å². The Labute approximate surface area is 94.4 Å². The average molecular weight is 228 g/mol. The molecule has 0 radical (unpaired) electrons. The molecule has 0 spiro atoms. The molecule has 0 bridgehead atoms. The van der Waals surface area contributed by atoms with Crippen LogP contribution in [0.5, 0.6) is 0 Å². The van der Waals surface area contributed by atoms with Gasteiger partial charge >= 0.3 is 11.9 Å². The number of esters is 2. The number of rotatable bonds is 7. The SMILES string of the molecule is C=C(C)C(=O)OCCCC(=O)OCC1CO1. The van der Waals surface area contributed by atoms with Crippen molar-refractivity contribution in [2.24, 2.45) is 0 Å². The van der Waals surface area contributed by atoms with Gasteiger partial charge in [-0.15, -0.1) is 0 Å². The zero-order chi connectivity index (χ0) is 12.0. The van der Waals surface area contributed by atoms with Gasteiger partial charge in [-0.1, -0.05) is 6.58 Å². The van der Waals surface area contributed by atoms with Crippen molar-refractivity contribution in [3.05, 3.63) is 12.2 Å². The smallest absolute Gasteiger partial charge is 0.333 e. The molecule has 0 aromatic rings. The third-order valence-corrected chi connectivity index (χ3v) is 1.94. The van der Waals surface area contributed by atoms with Crippen LogP contribution in [0.2, 0.25) is 0 Å². The van der Waals surface area contributed by atoms with Gasteiger partial charge in [0.15, 0.2) is 0 Å². The Bertz CT molecular complexity index is 280. The van der Waals surface area contributed by atoms with Crippen molar-refractivity contribution in [3.63, 3.8) is 0 Å². The fourth-order valence-corrected chi connectivity index (χ4v) is 0.927. The first-order valence-electron chi connectivity index (χ1n) is 5.19. The summed E-state index contributed by atoms with van der Waals surface area (Å²) in [7, 11) is 0. The monoisotopic (exact) mass is 228 g/mol. The summed E-state index contributed by atoms with van der Waals surface area (Å²) in [5.41, 5.74) is 0.355. The van der Waals surface area contributed by atoms with E-state index in [1.54, 1.807) is 6.92 Å². The van der Waals surface area contributed by atoms with Crippen LogP contribution in [0, 0.1) is 0 Å². The van der Waals surface area contributed by atoms with Gasteiger partial charge < -0.3 is 14.2 Å². The molecule has 1 aliphatic rings. The van der Waals surface area contributed by atoms with Gasteiger partial charge in [0.2, 0.25) is 0 Å². The maximum absolute atomic E-state index is 11.1. The maximum Gasteiger partial charge on any atom is 0.333 e. The van der Waals surface area contributed by atoms with Crippen LogP contribution in [-0.4, -0.2) is 37.9 Å². The number of hydrogen-bond donors (Lipinski definition) is 0. The van der Waals surface area contributed by atoms with Gasteiger partial charge in [-0.3, -0.25) is 4.79 Å². The van der Waals surface area contributed by atoms with Crippen LogP contribution in [0.25, 0.3) is 0 Å². The molecule has 1 heterocycles. The first kappa shape index (κ1) is 12.7. The Kier molecular flexibility index (Phi) is 4.98. The van der Waals surface area contributed by atoms with Crippen LogP contribution in [0.15, 0.2) is 12.2 Å². The van der Waals surface area contributed by atoms with Gasteiger partial charge in [0.25, 0.3) is 0 Å². The maximum atomic E-state index is 11.1. The van der Waals surface area contributed by atoms with Gasteiger partial charge in [-0.2, -0.15) is 0 Å². The number of epoxide rings is 1. The van der Waals surface area contributed by atoms with Crippen LogP contribution >= 0.6 is 0 Å². The molecule has 1 aliphatic heterocycles. The highest BCUT2D eigenvalue weighted by atomic mass is 16.6. The molecule has 0 aromatic carbocycles. The van der Waals surface area contributed by atoms with E-state index in [0.717, 1.165) is 0 Å². The standard InChI is InChI=1S/C11H16O5/c1-8(2)11(13)14-5-3-4-10(12)16-7-9-6-15-9/h9H,1,3-7H2,2H3. The summed E-state index contributed by atoms with van der Waals surface area (Å²) in [5.74, 6) is -0.721. The van der Waals surface area contributed by atoms with E-state index in [-0.39, 0.29) is 25.1 Å². The Balaban J connectivity index is 1.94. The van der Waals surface area contributed by atoms with E-state index in [0.29, 0.717) is 25.2 Å². The minimum Gasteiger partial charge on any atom is -0.463 e. The molecule has 1 rings (SSSR count). The fourth-order valence-electron chi connectivity index (χ4n) is 0.927. The van der Waals surface area contributed by atoms with E-state index >= 15 is 0 Å². The summed E-state index contributed by atoms with van der Waals surface area (Å²) in [6, 6.07) is 0. The Morgan fingerprint density at radius 2 is 2.12 bits per heavy atom. The van der Waals surface area contributed by atoms with Gasteiger partial charge in [-0.05, 0) is 13.3 Å². The second-order valence-electron chi connectivity index (χ2n) is 3.66. The molecule has 0 aliphatic carbocycles. The quantitative estimate of drug-likeness (QED) is 0.279. The van der Waals surface area contributed by atoms with Crippen LogP contribution in [0.4, 0.5) is 0 Å². The number of hydrogen-bond acceptors (Lipinski definition) is 5. The van der Waals surface area contributed by atoms with Gasteiger partial charge in [0.05, 0.1) is 13.2 Å². The van der Waals surface area contributed by atoms with Crippen molar-refractivity contribution >= 4 is 11.9 Å². The van der Waals surface area contributed by atoms with Crippen LogP contribution in [-0.2, 0) is 23.8 Å². The highest BCUT2D eigenvalue weighted by Gasteiger charge is 2.23. The largest absolute Gasteiger partial charge is 0.463 e. The number of carbonyl (C=O) groups is 2. The molecule has 5 heteroatoms. The van der Waals surface area contributed by atoms with Crippen LogP contribution in [0.1, 0.15) is 19.8 Å². The van der Waals surface area contributed by atoms with Crippen LogP contribution < -0.4 is 0 Å². The summed E-state index contributed by atoms with van der Waals surface area (Å²) in [4.78, 5) is 22.1. The molecule has 0 aromatic heterocycles. The molecule has 90 valence electrons. The lowest BCUT2D eigenvalue weighted by molar-refractivity contribution is -0.146. The molecular weight excluding hydrogens is 212 g/mol. The molecule has 0 N–H and O–H groups in total. The summed E-state index contributed by atoms with van der Waals surface area (Å²) in [5, 5.41) is 0. The highest BCUT2D eigenvalue weighted by Crippen LogP contribution is 2.09. The van der Waals surface area contributed by atoms with Gasteiger partial charge in [0.1, 0.15) is 12.7 Å². The van der Waals surface area contributed by atoms with Crippen molar-refractivity contribution in [1.82, 2.24) is 0 Å². The van der Waals surface area contributed by atoms with E-state index in [1.165, 1.54) is 0 Å². The Morgan fingerprint density at radius 1 is 1.44 bits per heavy atom. The van der Waals surface area contributed by atoms with Crippen molar-refractivity contribution in [2.75, 3.05) is 19.8 Å².